The second kappa shape index (κ2) is 4.69. The van der Waals surface area contributed by atoms with Crippen LogP contribution in [0.2, 0.25) is 0 Å². The average Bonchev–Trinajstić information content (AvgIpc) is 2.31. The van der Waals surface area contributed by atoms with Gasteiger partial charge in [-0.3, -0.25) is 4.79 Å². The Kier molecular flexibility index (Phi) is 3.09. The fourth-order valence-corrected chi connectivity index (χ4v) is 1.59. The number of rotatable bonds is 4. The van der Waals surface area contributed by atoms with Crippen LogP contribution in [0.4, 0.5) is 11.4 Å². The predicted molar refractivity (Wildman–Crippen MR) is 70.1 cm³/mol. The number of benzene rings is 1. The number of anilines is 2. The Morgan fingerprint density at radius 3 is 3.12 bits per heavy atom. The first-order chi connectivity index (χ1) is 8.22. The van der Waals surface area contributed by atoms with Crippen LogP contribution in [0.5, 0.6) is 0 Å². The van der Waals surface area contributed by atoms with Gasteiger partial charge in [-0.15, -0.1) is 6.58 Å². The lowest BCUT2D eigenvalue weighted by Crippen LogP contribution is -2.09. The van der Waals surface area contributed by atoms with E-state index in [9.17, 15) is 4.79 Å². The first-order valence-corrected chi connectivity index (χ1v) is 5.34. The summed E-state index contributed by atoms with van der Waals surface area (Å²) in [6, 6.07) is 3.42. The normalized spacial score (nSPS) is 10.4. The molecule has 0 amide bonds. The molecule has 0 radical (unpaired) electrons. The van der Waals surface area contributed by atoms with Crippen LogP contribution in [0.15, 0.2) is 35.9 Å². The molecule has 5 nitrogen and oxygen atoms in total. The van der Waals surface area contributed by atoms with Crippen molar-refractivity contribution in [3.05, 3.63) is 41.5 Å². The fraction of sp³-hybridized carbons (Fsp3) is 0.167. The highest BCUT2D eigenvalue weighted by atomic mass is 16.1. The van der Waals surface area contributed by atoms with E-state index in [0.29, 0.717) is 16.6 Å². The van der Waals surface area contributed by atoms with Crippen molar-refractivity contribution in [1.82, 2.24) is 9.97 Å². The summed E-state index contributed by atoms with van der Waals surface area (Å²) in [6.07, 6.45) is 4.06. The number of aromatic amines is 1. The highest BCUT2D eigenvalue weighted by Gasteiger charge is 2.04. The van der Waals surface area contributed by atoms with Crippen molar-refractivity contribution in [2.45, 2.75) is 6.42 Å². The highest BCUT2D eigenvalue weighted by molar-refractivity contribution is 5.88. The largest absolute Gasteiger partial charge is 0.397 e. The number of nitrogen functional groups attached to an aromatic ring is 1. The van der Waals surface area contributed by atoms with Crippen LogP contribution < -0.4 is 16.6 Å². The van der Waals surface area contributed by atoms with Crippen LogP contribution in [-0.2, 0) is 0 Å². The molecule has 5 heteroatoms. The molecule has 88 valence electrons. The second-order valence-electron chi connectivity index (χ2n) is 3.69. The Bertz CT molecular complexity index is 603. The monoisotopic (exact) mass is 230 g/mol. The summed E-state index contributed by atoms with van der Waals surface area (Å²) >= 11 is 0. The van der Waals surface area contributed by atoms with E-state index in [4.69, 9.17) is 5.73 Å². The van der Waals surface area contributed by atoms with E-state index in [0.717, 1.165) is 18.7 Å². The van der Waals surface area contributed by atoms with Crippen molar-refractivity contribution in [3.63, 3.8) is 0 Å². The number of fused-ring (bicyclic) bond motifs is 1. The molecule has 0 saturated carbocycles. The summed E-state index contributed by atoms with van der Waals surface area (Å²) in [5.74, 6) is 0. The van der Waals surface area contributed by atoms with Crippen molar-refractivity contribution < 1.29 is 0 Å². The molecule has 0 aliphatic carbocycles. The molecule has 0 atom stereocenters. The average molecular weight is 230 g/mol. The van der Waals surface area contributed by atoms with Gasteiger partial charge in [0.05, 0.1) is 28.6 Å². The smallest absolute Gasteiger partial charge is 0.258 e. The van der Waals surface area contributed by atoms with Crippen molar-refractivity contribution in [1.29, 1.82) is 0 Å². The zero-order chi connectivity index (χ0) is 12.3. The molecule has 1 aromatic heterocycles. The molecule has 0 unspecified atom stereocenters. The fourth-order valence-electron chi connectivity index (χ4n) is 1.59. The van der Waals surface area contributed by atoms with Crippen LogP contribution in [0, 0.1) is 0 Å². The van der Waals surface area contributed by atoms with E-state index < -0.39 is 0 Å². The van der Waals surface area contributed by atoms with Gasteiger partial charge in [0, 0.05) is 6.54 Å². The van der Waals surface area contributed by atoms with Gasteiger partial charge in [0.25, 0.3) is 5.56 Å². The van der Waals surface area contributed by atoms with Gasteiger partial charge in [-0.2, -0.15) is 0 Å². The number of hydrogen-bond donors (Lipinski definition) is 3. The van der Waals surface area contributed by atoms with E-state index in [-0.39, 0.29) is 5.56 Å². The minimum Gasteiger partial charge on any atom is -0.397 e. The van der Waals surface area contributed by atoms with Crippen molar-refractivity contribution >= 4 is 22.3 Å². The molecule has 4 N–H and O–H groups in total. The van der Waals surface area contributed by atoms with Gasteiger partial charge >= 0.3 is 0 Å². The molecule has 0 fully saturated rings. The van der Waals surface area contributed by atoms with E-state index in [1.54, 1.807) is 12.1 Å². The second-order valence-corrected chi connectivity index (χ2v) is 3.69. The molecular weight excluding hydrogens is 216 g/mol. The van der Waals surface area contributed by atoms with Gasteiger partial charge in [-0.1, -0.05) is 6.08 Å². The standard InChI is InChI=1S/C12H14N4O/c1-2-3-4-14-11-6-10-8(5-9(11)13)12(17)16-7-15-10/h2,5-7,14H,1,3-4,13H2,(H,15,16,17). The number of H-pyrrole nitrogens is 1. The van der Waals surface area contributed by atoms with Gasteiger partial charge in [0.1, 0.15) is 0 Å². The number of aromatic nitrogens is 2. The molecule has 0 saturated heterocycles. The van der Waals surface area contributed by atoms with Crippen LogP contribution >= 0.6 is 0 Å². The maximum absolute atomic E-state index is 11.5. The van der Waals surface area contributed by atoms with Gasteiger partial charge in [-0.05, 0) is 18.6 Å². The summed E-state index contributed by atoms with van der Waals surface area (Å²) in [4.78, 5) is 18.1. The Balaban J connectivity index is 2.41. The molecule has 0 spiro atoms. The topological polar surface area (TPSA) is 83.8 Å². The van der Waals surface area contributed by atoms with Gasteiger partial charge < -0.3 is 16.0 Å². The molecule has 1 heterocycles. The lowest BCUT2D eigenvalue weighted by molar-refractivity contribution is 1.07. The van der Waals surface area contributed by atoms with Crippen molar-refractivity contribution in [2.75, 3.05) is 17.6 Å². The van der Waals surface area contributed by atoms with Crippen LogP contribution in [0.25, 0.3) is 10.9 Å². The number of nitrogens with one attached hydrogen (secondary N) is 2. The molecule has 2 aromatic rings. The highest BCUT2D eigenvalue weighted by Crippen LogP contribution is 2.22. The maximum Gasteiger partial charge on any atom is 0.258 e. The molecule has 0 aliphatic heterocycles. The Morgan fingerprint density at radius 2 is 2.35 bits per heavy atom. The van der Waals surface area contributed by atoms with Gasteiger partial charge in [0.2, 0.25) is 0 Å². The number of nitrogens with zero attached hydrogens (tertiary/aromatic N) is 1. The summed E-state index contributed by atoms with van der Waals surface area (Å²) in [7, 11) is 0. The Morgan fingerprint density at radius 1 is 1.53 bits per heavy atom. The van der Waals surface area contributed by atoms with E-state index in [1.807, 2.05) is 6.08 Å². The molecule has 0 aliphatic rings. The van der Waals surface area contributed by atoms with E-state index in [2.05, 4.69) is 21.9 Å². The molecule has 17 heavy (non-hydrogen) atoms. The third kappa shape index (κ3) is 2.28. The molecule has 0 bridgehead atoms. The Labute approximate surface area is 98.4 Å². The summed E-state index contributed by atoms with van der Waals surface area (Å²) in [6.45, 7) is 4.40. The van der Waals surface area contributed by atoms with Gasteiger partial charge in [0.15, 0.2) is 0 Å². The summed E-state index contributed by atoms with van der Waals surface area (Å²) in [5, 5.41) is 3.68. The molecular formula is C12H14N4O. The molecule has 2 rings (SSSR count). The first kappa shape index (κ1) is 11.2. The van der Waals surface area contributed by atoms with Crippen molar-refractivity contribution in [2.24, 2.45) is 0 Å². The third-order valence-electron chi connectivity index (χ3n) is 2.48. The zero-order valence-electron chi connectivity index (χ0n) is 9.36. The Hall–Kier alpha value is -2.30. The van der Waals surface area contributed by atoms with Crippen LogP contribution in [0.3, 0.4) is 0 Å². The van der Waals surface area contributed by atoms with E-state index >= 15 is 0 Å². The number of hydrogen-bond acceptors (Lipinski definition) is 4. The predicted octanol–water partition coefficient (Wildman–Crippen LogP) is 1.49. The van der Waals surface area contributed by atoms with Crippen LogP contribution in [-0.4, -0.2) is 16.5 Å². The minimum atomic E-state index is -0.181. The minimum absolute atomic E-state index is 0.181. The molecule has 1 aromatic carbocycles. The maximum atomic E-state index is 11.5. The lowest BCUT2D eigenvalue weighted by Gasteiger charge is -2.09. The lowest BCUT2D eigenvalue weighted by atomic mass is 10.2. The third-order valence-corrected chi connectivity index (χ3v) is 2.48. The van der Waals surface area contributed by atoms with Crippen molar-refractivity contribution in [3.8, 4) is 0 Å². The van der Waals surface area contributed by atoms with Gasteiger partial charge in [-0.25, -0.2) is 4.98 Å². The van der Waals surface area contributed by atoms with E-state index in [1.165, 1.54) is 6.33 Å². The number of nitrogens with two attached hydrogens (primary N) is 1. The van der Waals surface area contributed by atoms with Crippen LogP contribution in [0.1, 0.15) is 6.42 Å². The summed E-state index contributed by atoms with van der Waals surface area (Å²) in [5.41, 5.74) is 7.65. The summed E-state index contributed by atoms with van der Waals surface area (Å²) < 4.78 is 0. The SMILES string of the molecule is C=CCCNc1cc2nc[nH]c(=O)c2cc1N. The first-order valence-electron chi connectivity index (χ1n) is 5.34. The quantitative estimate of drug-likeness (QED) is 0.422. The zero-order valence-corrected chi connectivity index (χ0v) is 9.36.